The van der Waals surface area contributed by atoms with Crippen LogP contribution in [0.5, 0.6) is 0 Å². The minimum Gasteiger partial charge on any atom is -0.213 e. The van der Waals surface area contributed by atoms with Gasteiger partial charge in [0.15, 0.2) is 0 Å². The van der Waals surface area contributed by atoms with E-state index >= 15 is 0 Å². The largest absolute Gasteiger partial charge is 0.217 e. The summed E-state index contributed by atoms with van der Waals surface area (Å²) in [6, 6.07) is -0.357. The Hall–Kier alpha value is -0.180. The highest BCUT2D eigenvalue weighted by molar-refractivity contribution is 7.90. The summed E-state index contributed by atoms with van der Waals surface area (Å²) in [5, 5.41) is -0.528. The van der Waals surface area contributed by atoms with Crippen LogP contribution in [0.25, 0.3) is 0 Å². The Morgan fingerprint density at radius 3 is 2.06 bits per heavy atom. The first-order valence-electron chi connectivity index (χ1n) is 6.20. The highest BCUT2D eigenvalue weighted by Crippen LogP contribution is 2.31. The molecule has 2 saturated carbocycles. The van der Waals surface area contributed by atoms with Gasteiger partial charge in [-0.05, 0) is 32.6 Å². The molecule has 0 unspecified atom stereocenters. The summed E-state index contributed by atoms with van der Waals surface area (Å²) in [6.07, 6.45) is 2.85. The van der Waals surface area contributed by atoms with Crippen molar-refractivity contribution < 1.29 is 16.8 Å². The molecule has 106 valence electrons. The summed E-state index contributed by atoms with van der Waals surface area (Å²) in [6.45, 7) is 1.86. The topological polar surface area (TPSA) is 83.6 Å². The normalized spacial score (nSPS) is 23.3. The third kappa shape index (κ3) is 3.04. The van der Waals surface area contributed by atoms with Crippen LogP contribution in [0.3, 0.4) is 0 Å². The van der Waals surface area contributed by atoms with Crippen molar-refractivity contribution in [3.8, 4) is 0 Å². The van der Waals surface area contributed by atoms with Gasteiger partial charge in [-0.2, -0.15) is 0 Å². The number of nitrogens with zero attached hydrogens (tertiary/aromatic N) is 1. The van der Waals surface area contributed by atoms with Crippen LogP contribution in [0, 0.1) is 0 Å². The third-order valence-electron chi connectivity index (χ3n) is 3.51. The van der Waals surface area contributed by atoms with Crippen LogP contribution < -0.4 is 4.72 Å². The molecular weight excluding hydrogens is 276 g/mol. The quantitative estimate of drug-likeness (QED) is 0.710. The van der Waals surface area contributed by atoms with Gasteiger partial charge in [0.1, 0.15) is 0 Å². The van der Waals surface area contributed by atoms with Gasteiger partial charge in [-0.15, -0.1) is 0 Å². The van der Waals surface area contributed by atoms with E-state index in [0.29, 0.717) is 25.7 Å². The molecule has 2 rings (SSSR count). The maximum Gasteiger partial charge on any atom is 0.217 e. The predicted octanol–water partition coefficient (Wildman–Crippen LogP) is -0.119. The zero-order valence-corrected chi connectivity index (χ0v) is 12.3. The molecule has 0 radical (unpaired) electrons. The fourth-order valence-electron chi connectivity index (χ4n) is 1.71. The molecule has 0 bridgehead atoms. The zero-order valence-electron chi connectivity index (χ0n) is 10.7. The molecule has 0 amide bonds. The monoisotopic (exact) mass is 296 g/mol. The second-order valence-electron chi connectivity index (χ2n) is 5.20. The van der Waals surface area contributed by atoms with Gasteiger partial charge in [-0.1, -0.05) is 0 Å². The van der Waals surface area contributed by atoms with Crippen molar-refractivity contribution in [3.63, 3.8) is 0 Å². The summed E-state index contributed by atoms with van der Waals surface area (Å²) >= 11 is 0. The molecule has 2 aliphatic rings. The van der Waals surface area contributed by atoms with E-state index in [9.17, 15) is 16.8 Å². The smallest absolute Gasteiger partial charge is 0.213 e. The first-order valence-corrected chi connectivity index (χ1v) is 9.25. The molecule has 1 N–H and O–H groups in total. The molecular formula is C10H20N2O4S2. The lowest BCUT2D eigenvalue weighted by Crippen LogP contribution is -2.44. The standard InChI is InChI=1S/C10H20N2O4S2/c1-8(7-11-17(13,14)9-3-4-9)12(2)18(15,16)10-5-6-10/h8-11H,3-7H2,1-2H3/t8-/m0/s1. The number of rotatable bonds is 7. The lowest BCUT2D eigenvalue weighted by molar-refractivity contribution is 0.385. The molecule has 18 heavy (non-hydrogen) atoms. The molecule has 0 aromatic rings. The molecule has 1 atom stereocenters. The molecule has 2 aliphatic carbocycles. The number of nitrogens with one attached hydrogen (secondary N) is 1. The van der Waals surface area contributed by atoms with Crippen molar-refractivity contribution in [1.82, 2.24) is 9.03 Å². The van der Waals surface area contributed by atoms with Crippen molar-refractivity contribution >= 4 is 20.0 Å². The average molecular weight is 296 g/mol. The van der Waals surface area contributed by atoms with Crippen LogP contribution in [0.4, 0.5) is 0 Å². The number of hydrogen-bond acceptors (Lipinski definition) is 4. The van der Waals surface area contributed by atoms with Gasteiger partial charge in [0.2, 0.25) is 20.0 Å². The molecule has 2 fully saturated rings. The van der Waals surface area contributed by atoms with E-state index in [1.165, 1.54) is 11.4 Å². The van der Waals surface area contributed by atoms with Crippen molar-refractivity contribution in [3.05, 3.63) is 0 Å². The Labute approximate surface area is 109 Å². The summed E-state index contributed by atoms with van der Waals surface area (Å²) in [5.74, 6) is 0. The van der Waals surface area contributed by atoms with Crippen LogP contribution >= 0.6 is 0 Å². The number of hydrogen-bond donors (Lipinski definition) is 1. The van der Waals surface area contributed by atoms with E-state index in [1.807, 2.05) is 0 Å². The van der Waals surface area contributed by atoms with Crippen LogP contribution in [-0.2, 0) is 20.0 Å². The summed E-state index contributed by atoms with van der Waals surface area (Å²) < 4.78 is 51.0. The van der Waals surface area contributed by atoms with E-state index in [0.717, 1.165) is 0 Å². The predicted molar refractivity (Wildman–Crippen MR) is 69.1 cm³/mol. The SMILES string of the molecule is C[C@@H](CNS(=O)(=O)C1CC1)N(C)S(=O)(=O)C1CC1. The molecule has 0 heterocycles. The molecule has 6 nitrogen and oxygen atoms in total. The number of likely N-dealkylation sites (N-methyl/N-ethyl adjacent to an activating group) is 1. The van der Waals surface area contributed by atoms with Gasteiger partial charge >= 0.3 is 0 Å². The minimum atomic E-state index is -3.24. The molecule has 0 aromatic heterocycles. The van der Waals surface area contributed by atoms with E-state index in [2.05, 4.69) is 4.72 Å². The molecule has 0 aromatic carbocycles. The van der Waals surface area contributed by atoms with Crippen molar-refractivity contribution in [1.29, 1.82) is 0 Å². The molecule has 0 saturated heterocycles. The van der Waals surface area contributed by atoms with Crippen LogP contribution in [0.2, 0.25) is 0 Å². The fraction of sp³-hybridized carbons (Fsp3) is 1.00. The summed E-state index contributed by atoms with van der Waals surface area (Å²) in [7, 11) is -4.96. The fourth-order valence-corrected chi connectivity index (χ4v) is 4.96. The van der Waals surface area contributed by atoms with Gasteiger partial charge < -0.3 is 0 Å². The Bertz CT molecular complexity index is 506. The zero-order chi connectivity index (χ0) is 13.6. The summed E-state index contributed by atoms with van der Waals surface area (Å²) in [5.41, 5.74) is 0. The maximum absolute atomic E-state index is 12.0. The van der Waals surface area contributed by atoms with Gasteiger partial charge in [0, 0.05) is 19.6 Å². The molecule has 8 heteroatoms. The maximum atomic E-state index is 12.0. The van der Waals surface area contributed by atoms with Gasteiger partial charge in [0.25, 0.3) is 0 Å². The van der Waals surface area contributed by atoms with Gasteiger partial charge in [-0.25, -0.2) is 25.9 Å². The first-order chi connectivity index (χ1) is 8.25. The van der Waals surface area contributed by atoms with E-state index in [-0.39, 0.29) is 23.1 Å². The molecule has 0 aliphatic heterocycles. The Morgan fingerprint density at radius 2 is 1.61 bits per heavy atom. The van der Waals surface area contributed by atoms with Gasteiger partial charge in [0.05, 0.1) is 10.5 Å². The lowest BCUT2D eigenvalue weighted by atomic mass is 10.4. The van der Waals surface area contributed by atoms with E-state index < -0.39 is 20.0 Å². The minimum absolute atomic E-state index is 0.140. The van der Waals surface area contributed by atoms with Gasteiger partial charge in [-0.3, -0.25) is 0 Å². The van der Waals surface area contributed by atoms with E-state index in [1.54, 1.807) is 6.92 Å². The summed E-state index contributed by atoms with van der Waals surface area (Å²) in [4.78, 5) is 0. The first kappa shape index (κ1) is 14.2. The Kier molecular flexibility index (Phi) is 3.74. The van der Waals surface area contributed by atoms with Crippen LogP contribution in [0.1, 0.15) is 32.6 Å². The Morgan fingerprint density at radius 1 is 1.11 bits per heavy atom. The highest BCUT2D eigenvalue weighted by Gasteiger charge is 2.41. The Balaban J connectivity index is 1.89. The van der Waals surface area contributed by atoms with Crippen molar-refractivity contribution in [2.24, 2.45) is 0 Å². The number of sulfonamides is 2. The lowest BCUT2D eigenvalue weighted by Gasteiger charge is -2.24. The second-order valence-corrected chi connectivity index (χ2v) is 9.52. The highest BCUT2D eigenvalue weighted by atomic mass is 32.2. The van der Waals surface area contributed by atoms with Crippen LogP contribution in [0.15, 0.2) is 0 Å². The van der Waals surface area contributed by atoms with Crippen LogP contribution in [-0.4, -0.2) is 51.3 Å². The average Bonchev–Trinajstić information content (AvgIpc) is 3.16. The van der Waals surface area contributed by atoms with Crippen molar-refractivity contribution in [2.75, 3.05) is 13.6 Å². The second kappa shape index (κ2) is 4.73. The van der Waals surface area contributed by atoms with E-state index in [4.69, 9.17) is 0 Å². The molecule has 0 spiro atoms. The third-order valence-corrected chi connectivity index (χ3v) is 7.91. The van der Waals surface area contributed by atoms with Crippen molar-refractivity contribution in [2.45, 2.75) is 49.1 Å².